The molecule has 0 unspecified atom stereocenters. The lowest BCUT2D eigenvalue weighted by Crippen LogP contribution is -2.42. The van der Waals surface area contributed by atoms with Gasteiger partial charge in [-0.1, -0.05) is 30.3 Å². The Labute approximate surface area is 187 Å². The molecule has 1 aliphatic rings. The van der Waals surface area contributed by atoms with Crippen LogP contribution in [0.1, 0.15) is 31.4 Å². The van der Waals surface area contributed by atoms with Crippen molar-refractivity contribution in [3.63, 3.8) is 0 Å². The number of hydrogen-bond donors (Lipinski definition) is 1. The third kappa shape index (κ3) is 4.82. The van der Waals surface area contributed by atoms with Gasteiger partial charge in [0.05, 0.1) is 18.8 Å². The molecule has 0 aliphatic carbocycles. The molecular formula is C25H28N4O3. The molecule has 1 atom stereocenters. The van der Waals surface area contributed by atoms with Crippen LogP contribution >= 0.6 is 0 Å². The van der Waals surface area contributed by atoms with E-state index in [0.717, 1.165) is 30.0 Å². The summed E-state index contributed by atoms with van der Waals surface area (Å²) in [5, 5.41) is 7.71. The third-order valence-corrected chi connectivity index (χ3v) is 5.95. The van der Waals surface area contributed by atoms with Gasteiger partial charge in [-0.2, -0.15) is 4.68 Å². The average Bonchev–Trinajstić information content (AvgIpc) is 2.85. The molecule has 32 heavy (non-hydrogen) atoms. The molecule has 0 radical (unpaired) electrons. The van der Waals surface area contributed by atoms with E-state index < -0.39 is 0 Å². The van der Waals surface area contributed by atoms with Crippen LogP contribution in [0.3, 0.4) is 0 Å². The van der Waals surface area contributed by atoms with Crippen LogP contribution in [-0.2, 0) is 4.79 Å². The summed E-state index contributed by atoms with van der Waals surface area (Å²) >= 11 is 0. The highest BCUT2D eigenvalue weighted by Crippen LogP contribution is 2.23. The summed E-state index contributed by atoms with van der Waals surface area (Å²) in [5.74, 6) is 1.53. The van der Waals surface area contributed by atoms with E-state index in [1.807, 2.05) is 49.4 Å². The molecule has 7 heteroatoms. The predicted octanol–water partition coefficient (Wildman–Crippen LogP) is 3.33. The fraction of sp³-hybridized carbons (Fsp3) is 0.320. The summed E-state index contributed by atoms with van der Waals surface area (Å²) < 4.78 is 6.58. The Morgan fingerprint density at radius 3 is 2.38 bits per heavy atom. The zero-order valence-corrected chi connectivity index (χ0v) is 18.4. The van der Waals surface area contributed by atoms with Gasteiger partial charge in [0.2, 0.25) is 5.91 Å². The van der Waals surface area contributed by atoms with Gasteiger partial charge >= 0.3 is 0 Å². The van der Waals surface area contributed by atoms with E-state index in [1.54, 1.807) is 25.3 Å². The summed E-state index contributed by atoms with van der Waals surface area (Å²) in [4.78, 5) is 27.3. The summed E-state index contributed by atoms with van der Waals surface area (Å²) in [6, 6.07) is 20.5. The lowest BCUT2D eigenvalue weighted by Gasteiger charge is -2.32. The van der Waals surface area contributed by atoms with Crippen LogP contribution < -0.4 is 20.5 Å². The van der Waals surface area contributed by atoms with Gasteiger partial charge in [0.25, 0.3) is 5.56 Å². The first-order chi connectivity index (χ1) is 15.5. The van der Waals surface area contributed by atoms with Crippen molar-refractivity contribution in [2.75, 3.05) is 25.1 Å². The minimum Gasteiger partial charge on any atom is -0.497 e. The number of nitrogens with one attached hydrogen (secondary N) is 1. The van der Waals surface area contributed by atoms with E-state index in [9.17, 15) is 9.59 Å². The van der Waals surface area contributed by atoms with E-state index in [-0.39, 0.29) is 23.4 Å². The number of anilines is 1. The van der Waals surface area contributed by atoms with E-state index in [2.05, 4.69) is 15.3 Å². The SMILES string of the molecule is COc1ccc(-n2nc(N3CCC(C(=O)N[C@@H](C)c4ccccc4)CC3)ccc2=O)cc1. The predicted molar refractivity (Wildman–Crippen MR) is 124 cm³/mol. The van der Waals surface area contributed by atoms with Crippen molar-refractivity contribution < 1.29 is 9.53 Å². The number of methoxy groups -OCH3 is 1. The quantitative estimate of drug-likeness (QED) is 0.647. The molecule has 1 aromatic heterocycles. The minimum absolute atomic E-state index is 0.0172. The molecule has 0 saturated carbocycles. The van der Waals surface area contributed by atoms with E-state index in [4.69, 9.17) is 4.74 Å². The zero-order chi connectivity index (χ0) is 22.5. The zero-order valence-electron chi connectivity index (χ0n) is 18.4. The highest BCUT2D eigenvalue weighted by atomic mass is 16.5. The monoisotopic (exact) mass is 432 g/mol. The van der Waals surface area contributed by atoms with Crippen LogP contribution in [0.25, 0.3) is 5.69 Å². The first kappa shape index (κ1) is 21.6. The Hall–Kier alpha value is -3.61. The highest BCUT2D eigenvalue weighted by Gasteiger charge is 2.27. The summed E-state index contributed by atoms with van der Waals surface area (Å²) in [5.41, 5.74) is 1.59. The molecule has 1 saturated heterocycles. The van der Waals surface area contributed by atoms with Gasteiger partial charge in [0, 0.05) is 25.1 Å². The van der Waals surface area contributed by atoms with Crippen LogP contribution in [0.4, 0.5) is 5.82 Å². The second kappa shape index (κ2) is 9.68. The maximum Gasteiger partial charge on any atom is 0.271 e. The summed E-state index contributed by atoms with van der Waals surface area (Å²) in [6.45, 7) is 3.44. The molecule has 1 aliphatic heterocycles. The molecule has 0 bridgehead atoms. The van der Waals surface area contributed by atoms with Crippen molar-refractivity contribution in [1.82, 2.24) is 15.1 Å². The molecule has 0 spiro atoms. The van der Waals surface area contributed by atoms with E-state index >= 15 is 0 Å². The van der Waals surface area contributed by atoms with Crippen molar-refractivity contribution in [1.29, 1.82) is 0 Å². The third-order valence-electron chi connectivity index (χ3n) is 5.95. The van der Waals surface area contributed by atoms with Crippen LogP contribution in [0.5, 0.6) is 5.75 Å². The van der Waals surface area contributed by atoms with Crippen molar-refractivity contribution in [2.24, 2.45) is 5.92 Å². The van der Waals surface area contributed by atoms with Crippen LogP contribution in [0.2, 0.25) is 0 Å². The maximum absolute atomic E-state index is 12.8. The molecule has 7 nitrogen and oxygen atoms in total. The summed E-state index contributed by atoms with van der Waals surface area (Å²) in [7, 11) is 1.60. The molecule has 2 aromatic carbocycles. The number of nitrogens with zero attached hydrogens (tertiary/aromatic N) is 3. The molecule has 2 heterocycles. The van der Waals surface area contributed by atoms with E-state index in [1.165, 1.54) is 10.7 Å². The Bertz CT molecular complexity index is 1100. The molecule has 1 amide bonds. The number of ether oxygens (including phenoxy) is 1. The number of piperidine rings is 1. The number of hydrogen-bond acceptors (Lipinski definition) is 5. The van der Waals surface area contributed by atoms with Gasteiger partial charge in [0.15, 0.2) is 0 Å². The molecule has 1 N–H and O–H groups in total. The number of carbonyl (C=O) groups is 1. The fourth-order valence-corrected chi connectivity index (χ4v) is 4.01. The lowest BCUT2D eigenvalue weighted by atomic mass is 9.95. The number of rotatable bonds is 6. The maximum atomic E-state index is 12.8. The van der Waals surface area contributed by atoms with Crippen LogP contribution in [0, 0.1) is 5.92 Å². The van der Waals surface area contributed by atoms with Crippen LogP contribution in [0.15, 0.2) is 71.5 Å². The van der Waals surface area contributed by atoms with Gasteiger partial charge < -0.3 is 15.0 Å². The standard InChI is InChI=1S/C25H28N4O3/c1-18(19-6-4-3-5-7-19)26-25(31)20-14-16-28(17-15-20)23-12-13-24(30)29(27-23)21-8-10-22(32-2)11-9-21/h3-13,18,20H,14-17H2,1-2H3,(H,26,31)/t18-/m0/s1. The number of aromatic nitrogens is 2. The number of benzene rings is 2. The van der Waals surface area contributed by atoms with Crippen molar-refractivity contribution in [3.05, 3.63) is 82.6 Å². The largest absolute Gasteiger partial charge is 0.497 e. The van der Waals surface area contributed by atoms with Gasteiger partial charge in [-0.05, 0) is 55.7 Å². The fourth-order valence-electron chi connectivity index (χ4n) is 4.01. The summed E-state index contributed by atoms with van der Waals surface area (Å²) in [6.07, 6.45) is 1.49. The van der Waals surface area contributed by atoms with Crippen LogP contribution in [-0.4, -0.2) is 35.9 Å². The normalized spacial score (nSPS) is 15.2. The van der Waals surface area contributed by atoms with Gasteiger partial charge in [0.1, 0.15) is 11.6 Å². The molecule has 4 rings (SSSR count). The molecule has 1 fully saturated rings. The smallest absolute Gasteiger partial charge is 0.271 e. The molecule has 166 valence electrons. The van der Waals surface area contributed by atoms with Gasteiger partial charge in [-0.3, -0.25) is 9.59 Å². The van der Waals surface area contributed by atoms with Crippen molar-refractivity contribution >= 4 is 11.7 Å². The van der Waals surface area contributed by atoms with Crippen molar-refractivity contribution in [3.8, 4) is 11.4 Å². The Morgan fingerprint density at radius 2 is 1.72 bits per heavy atom. The topological polar surface area (TPSA) is 76.5 Å². The number of carbonyl (C=O) groups excluding carboxylic acids is 1. The average molecular weight is 433 g/mol. The van der Waals surface area contributed by atoms with Gasteiger partial charge in [-0.25, -0.2) is 0 Å². The highest BCUT2D eigenvalue weighted by molar-refractivity contribution is 5.79. The van der Waals surface area contributed by atoms with Crippen molar-refractivity contribution in [2.45, 2.75) is 25.8 Å². The lowest BCUT2D eigenvalue weighted by molar-refractivity contribution is -0.126. The van der Waals surface area contributed by atoms with E-state index in [0.29, 0.717) is 18.8 Å². The first-order valence-electron chi connectivity index (χ1n) is 10.9. The van der Waals surface area contributed by atoms with Gasteiger partial charge in [-0.15, -0.1) is 5.10 Å². The molecule has 3 aromatic rings. The Kier molecular flexibility index (Phi) is 6.54. The second-order valence-corrected chi connectivity index (χ2v) is 8.04. The second-order valence-electron chi connectivity index (χ2n) is 8.04. The number of amides is 1. The Balaban J connectivity index is 1.39. The Morgan fingerprint density at radius 1 is 1.03 bits per heavy atom. The molecular weight excluding hydrogens is 404 g/mol. The minimum atomic E-state index is -0.192. The first-order valence-corrected chi connectivity index (χ1v) is 10.9.